The molecule has 1 atom stereocenters. The van der Waals surface area contributed by atoms with Gasteiger partial charge in [0.25, 0.3) is 0 Å². The van der Waals surface area contributed by atoms with Gasteiger partial charge in [0.2, 0.25) is 0 Å². The van der Waals surface area contributed by atoms with Gasteiger partial charge in [0, 0.05) is 17.6 Å². The number of rotatable bonds is 5. The van der Waals surface area contributed by atoms with Crippen LogP contribution in [0.4, 0.5) is 5.82 Å². The summed E-state index contributed by atoms with van der Waals surface area (Å²) < 4.78 is 0. The number of carboxylic acids is 1. The molecule has 0 bridgehead atoms. The minimum absolute atomic E-state index is 0.00843. The lowest BCUT2D eigenvalue weighted by Crippen LogP contribution is -2.44. The van der Waals surface area contributed by atoms with E-state index in [1.807, 2.05) is 11.8 Å². The van der Waals surface area contributed by atoms with Crippen LogP contribution in [0.5, 0.6) is 5.75 Å². The number of anilines is 1. The molecule has 0 radical (unpaired) electrons. The predicted molar refractivity (Wildman–Crippen MR) is 97.4 cm³/mol. The minimum atomic E-state index is -0.824. The maximum Gasteiger partial charge on any atom is 0.317 e. The summed E-state index contributed by atoms with van der Waals surface area (Å²) in [4.78, 5) is 17.0. The molecule has 138 valence electrons. The Labute approximate surface area is 155 Å². The average molecular weight is 378 g/mol. The van der Waals surface area contributed by atoms with E-state index in [1.54, 1.807) is 12.3 Å². The second-order valence-electron chi connectivity index (χ2n) is 6.40. The molecule has 2 heterocycles. The molecular weight excluding hydrogens is 358 g/mol. The van der Waals surface area contributed by atoms with Crippen molar-refractivity contribution in [1.82, 2.24) is 20.1 Å². The lowest BCUT2D eigenvalue weighted by molar-refractivity contribution is -0.138. The second-order valence-corrected chi connectivity index (χ2v) is 6.83. The van der Waals surface area contributed by atoms with Gasteiger partial charge in [0.05, 0.1) is 18.3 Å². The van der Waals surface area contributed by atoms with Gasteiger partial charge in [-0.1, -0.05) is 11.6 Å². The van der Waals surface area contributed by atoms with Crippen LogP contribution in [-0.2, 0) is 4.79 Å². The fraction of sp³-hybridized carbons (Fsp3) is 0.412. The molecule has 0 saturated carbocycles. The third kappa shape index (κ3) is 4.39. The van der Waals surface area contributed by atoms with Gasteiger partial charge in [-0.05, 0) is 44.0 Å². The molecule has 0 amide bonds. The Morgan fingerprint density at radius 3 is 2.88 bits per heavy atom. The Kier molecular flexibility index (Phi) is 5.53. The first-order valence-electron chi connectivity index (χ1n) is 8.32. The fourth-order valence-electron chi connectivity index (χ4n) is 3.19. The highest BCUT2D eigenvalue weighted by atomic mass is 35.5. The molecule has 1 aromatic heterocycles. The van der Waals surface area contributed by atoms with Crippen molar-refractivity contribution in [3.8, 4) is 17.1 Å². The van der Waals surface area contributed by atoms with Crippen molar-refractivity contribution in [3.63, 3.8) is 0 Å². The van der Waals surface area contributed by atoms with E-state index in [2.05, 4.69) is 20.5 Å². The summed E-state index contributed by atoms with van der Waals surface area (Å²) in [6.07, 6.45) is 3.41. The van der Waals surface area contributed by atoms with Crippen LogP contribution >= 0.6 is 11.6 Å². The second kappa shape index (κ2) is 7.84. The van der Waals surface area contributed by atoms with E-state index < -0.39 is 5.97 Å². The van der Waals surface area contributed by atoms with E-state index in [9.17, 15) is 9.90 Å². The van der Waals surface area contributed by atoms with Gasteiger partial charge < -0.3 is 15.5 Å². The summed E-state index contributed by atoms with van der Waals surface area (Å²) in [6.45, 7) is 3.26. The van der Waals surface area contributed by atoms with E-state index in [1.165, 1.54) is 6.07 Å². The van der Waals surface area contributed by atoms with E-state index in [0.29, 0.717) is 28.8 Å². The molecule has 26 heavy (non-hydrogen) atoms. The molecule has 1 saturated heterocycles. The smallest absolute Gasteiger partial charge is 0.317 e. The minimum Gasteiger partial charge on any atom is -0.507 e. The monoisotopic (exact) mass is 377 g/mol. The number of aromatic hydroxyl groups is 1. The standard InChI is InChI=1S/C17H20ClN5O3/c1-10-5-11(18)6-13(24)16(10)17-19-7-14(21-22-17)20-12-3-2-4-23(8-12)9-15(25)26/h5-7,12,24H,2-4,8-9H2,1H3,(H,20,21)(H,25,26). The molecule has 3 N–H and O–H groups in total. The van der Waals surface area contributed by atoms with Crippen molar-refractivity contribution in [2.24, 2.45) is 0 Å². The van der Waals surface area contributed by atoms with Crippen molar-refractivity contribution < 1.29 is 15.0 Å². The number of hydrogen-bond donors (Lipinski definition) is 3. The number of halogens is 1. The number of likely N-dealkylation sites (tertiary alicyclic amines) is 1. The van der Waals surface area contributed by atoms with Crippen molar-refractivity contribution in [2.45, 2.75) is 25.8 Å². The molecule has 8 nitrogen and oxygen atoms in total. The van der Waals surface area contributed by atoms with Gasteiger partial charge in [0.1, 0.15) is 5.75 Å². The average Bonchev–Trinajstić information content (AvgIpc) is 2.55. The van der Waals surface area contributed by atoms with Gasteiger partial charge in [-0.15, -0.1) is 10.2 Å². The van der Waals surface area contributed by atoms with Crippen molar-refractivity contribution >= 4 is 23.4 Å². The Bertz CT molecular complexity index is 776. The number of nitrogens with one attached hydrogen (secondary N) is 1. The number of benzene rings is 1. The van der Waals surface area contributed by atoms with E-state index in [4.69, 9.17) is 16.7 Å². The number of nitrogens with zero attached hydrogens (tertiary/aromatic N) is 4. The number of hydrogen-bond acceptors (Lipinski definition) is 7. The normalized spacial score (nSPS) is 17.8. The summed E-state index contributed by atoms with van der Waals surface area (Å²) in [5.41, 5.74) is 1.26. The van der Waals surface area contributed by atoms with Crippen LogP contribution in [0.1, 0.15) is 18.4 Å². The van der Waals surface area contributed by atoms with Gasteiger partial charge in [-0.2, -0.15) is 0 Å². The zero-order valence-corrected chi connectivity index (χ0v) is 15.1. The van der Waals surface area contributed by atoms with Gasteiger partial charge in [0.15, 0.2) is 11.6 Å². The van der Waals surface area contributed by atoms with Gasteiger partial charge in [-0.3, -0.25) is 9.69 Å². The zero-order valence-electron chi connectivity index (χ0n) is 14.3. The highest BCUT2D eigenvalue weighted by Gasteiger charge is 2.22. The number of phenols is 1. The number of carboxylic acid groups (broad SMARTS) is 1. The maximum absolute atomic E-state index is 10.9. The van der Waals surface area contributed by atoms with Gasteiger partial charge in [-0.25, -0.2) is 4.98 Å². The molecular formula is C17H20ClN5O3. The van der Waals surface area contributed by atoms with Crippen LogP contribution in [0.2, 0.25) is 5.02 Å². The van der Waals surface area contributed by atoms with Crippen LogP contribution in [0.25, 0.3) is 11.4 Å². The van der Waals surface area contributed by atoms with Crippen molar-refractivity contribution in [1.29, 1.82) is 0 Å². The third-order valence-electron chi connectivity index (χ3n) is 4.28. The summed E-state index contributed by atoms with van der Waals surface area (Å²) in [5.74, 6) is 0.0177. The van der Waals surface area contributed by atoms with E-state index in [-0.39, 0.29) is 18.3 Å². The van der Waals surface area contributed by atoms with Crippen LogP contribution in [-0.4, -0.2) is 61.9 Å². The molecule has 1 aliphatic heterocycles. The van der Waals surface area contributed by atoms with Crippen LogP contribution in [0.15, 0.2) is 18.3 Å². The molecule has 1 fully saturated rings. The Balaban J connectivity index is 1.69. The first-order chi connectivity index (χ1) is 12.4. The number of aromatic nitrogens is 3. The number of aryl methyl sites for hydroxylation is 1. The SMILES string of the molecule is Cc1cc(Cl)cc(O)c1-c1ncc(NC2CCCN(CC(=O)O)C2)nn1. The van der Waals surface area contributed by atoms with E-state index in [0.717, 1.165) is 24.9 Å². The molecule has 1 unspecified atom stereocenters. The van der Waals surface area contributed by atoms with E-state index >= 15 is 0 Å². The van der Waals surface area contributed by atoms with Crippen molar-refractivity contribution in [2.75, 3.05) is 25.0 Å². The maximum atomic E-state index is 10.9. The topological polar surface area (TPSA) is 111 Å². The number of carbonyl (C=O) groups is 1. The fourth-order valence-corrected chi connectivity index (χ4v) is 3.46. The predicted octanol–water partition coefficient (Wildman–Crippen LogP) is 2.17. The number of piperidine rings is 1. The largest absolute Gasteiger partial charge is 0.507 e. The van der Waals surface area contributed by atoms with Crippen LogP contribution in [0.3, 0.4) is 0 Å². The Morgan fingerprint density at radius 1 is 1.42 bits per heavy atom. The molecule has 1 aliphatic rings. The summed E-state index contributed by atoms with van der Waals surface area (Å²) >= 11 is 5.92. The zero-order chi connectivity index (χ0) is 18.7. The molecule has 3 rings (SSSR count). The Hall–Kier alpha value is -2.45. The summed E-state index contributed by atoms with van der Waals surface area (Å²) in [6, 6.07) is 3.26. The first-order valence-corrected chi connectivity index (χ1v) is 8.70. The molecule has 9 heteroatoms. The lowest BCUT2D eigenvalue weighted by Gasteiger charge is -2.32. The molecule has 0 aliphatic carbocycles. The lowest BCUT2D eigenvalue weighted by atomic mass is 10.1. The highest BCUT2D eigenvalue weighted by molar-refractivity contribution is 6.30. The Morgan fingerprint density at radius 2 is 2.23 bits per heavy atom. The molecule has 2 aromatic rings. The molecule has 1 aromatic carbocycles. The van der Waals surface area contributed by atoms with Crippen LogP contribution < -0.4 is 5.32 Å². The van der Waals surface area contributed by atoms with Crippen LogP contribution in [0, 0.1) is 6.92 Å². The van der Waals surface area contributed by atoms with Gasteiger partial charge >= 0.3 is 5.97 Å². The number of aliphatic carboxylic acids is 1. The summed E-state index contributed by atoms with van der Waals surface area (Å²) in [5, 5.41) is 30.9. The molecule has 0 spiro atoms. The first kappa shape index (κ1) is 18.3. The number of phenolic OH excluding ortho intramolecular Hbond substituents is 1. The quantitative estimate of drug-likeness (QED) is 0.726. The van der Waals surface area contributed by atoms with Crippen molar-refractivity contribution in [3.05, 3.63) is 28.9 Å². The highest BCUT2D eigenvalue weighted by Crippen LogP contribution is 2.32. The summed E-state index contributed by atoms with van der Waals surface area (Å²) in [7, 11) is 0. The third-order valence-corrected chi connectivity index (χ3v) is 4.50.